The number of carboxylic acid groups (broad SMARTS) is 8. The van der Waals surface area contributed by atoms with Crippen molar-refractivity contribution in [3.8, 4) is 0 Å². The van der Waals surface area contributed by atoms with E-state index in [0.29, 0.717) is 82.4 Å². The van der Waals surface area contributed by atoms with Crippen LogP contribution in [0.5, 0.6) is 0 Å². The minimum Gasteiger partial charge on any atom is -0.481 e. The molecule has 3 aliphatic heterocycles. The van der Waals surface area contributed by atoms with Gasteiger partial charge in [0.05, 0.1) is 26.2 Å². The predicted molar refractivity (Wildman–Crippen MR) is 342 cm³/mol. The second kappa shape index (κ2) is 44.3. The number of carboxylic acids is 8. The Labute approximate surface area is 585 Å². The van der Waals surface area contributed by atoms with E-state index in [9.17, 15) is 83.7 Å². The van der Waals surface area contributed by atoms with Crippen molar-refractivity contribution >= 4 is 71.6 Å². The van der Waals surface area contributed by atoms with Gasteiger partial charge in [0.15, 0.2) is 0 Å². The summed E-state index contributed by atoms with van der Waals surface area (Å²) in [6.07, 6.45) is 9.93. The molecule has 95 heavy (non-hydrogen) atoms. The molecule has 2 aromatic rings. The summed E-state index contributed by atoms with van der Waals surface area (Å²) in [5, 5.41) is 83.3. The van der Waals surface area contributed by atoms with Crippen LogP contribution in [0.4, 0.5) is 16.7 Å². The summed E-state index contributed by atoms with van der Waals surface area (Å²) < 4.78 is 0. The van der Waals surface area contributed by atoms with Crippen LogP contribution in [0.15, 0.2) is 24.3 Å². The number of amides is 3. The van der Waals surface area contributed by atoms with Crippen molar-refractivity contribution in [1.82, 2.24) is 60.3 Å². The molecule has 4 heterocycles. The van der Waals surface area contributed by atoms with Gasteiger partial charge >= 0.3 is 93.7 Å². The average Bonchev–Trinajstić information content (AvgIpc) is 0.818. The van der Waals surface area contributed by atoms with Crippen molar-refractivity contribution < 1.29 is 129 Å². The molecule has 3 saturated heterocycles. The molecule has 0 spiro atoms. The fraction of sp³-hybridized carbons (Fsp3) is 0.694. The zero-order valence-corrected chi connectivity index (χ0v) is 58.5. The third-order valence-electron chi connectivity index (χ3n) is 17.0. The molecule has 32 nitrogen and oxygen atoms in total. The van der Waals surface area contributed by atoms with Crippen LogP contribution < -0.4 is 25.8 Å². The fourth-order valence-corrected chi connectivity index (χ4v) is 11.8. The molecule has 3 amide bonds. The largest absolute Gasteiger partial charge is 4.00 e. The molecule has 524 valence electrons. The Kier molecular flexibility index (Phi) is 37.7. The number of carbonyl (C=O) groups excluding carboxylic acids is 2. The molecule has 0 saturated carbocycles. The minimum atomic E-state index is -1.50. The first-order chi connectivity index (χ1) is 45.0. The van der Waals surface area contributed by atoms with E-state index in [2.05, 4.69) is 35.6 Å². The first-order valence-electron chi connectivity index (χ1n) is 32.8. The quantitative estimate of drug-likeness (QED) is 0.0412. The third-order valence-corrected chi connectivity index (χ3v) is 17.0. The number of hydrogen-bond acceptors (Lipinski definition) is 21. The summed E-state index contributed by atoms with van der Waals surface area (Å²) >= 11 is 0. The number of anilines is 2. The normalized spacial score (nSPS) is 17.5. The molecule has 3 fully saturated rings. The Hall–Kier alpha value is -6.59. The van der Waals surface area contributed by atoms with Crippen molar-refractivity contribution in [3.63, 3.8) is 0 Å². The molecule has 33 heteroatoms. The van der Waals surface area contributed by atoms with Gasteiger partial charge in [0, 0.05) is 136 Å². The third kappa shape index (κ3) is 33.3. The summed E-state index contributed by atoms with van der Waals surface area (Å²) in [6.45, 7) is 7.77. The zero-order valence-electron chi connectivity index (χ0n) is 54.4. The molecule has 11 N–H and O–H groups in total. The molecule has 1 unspecified atom stereocenters. The number of unbranched alkanes of at least 4 members (excludes halogenated alkanes) is 8. The van der Waals surface area contributed by atoms with Crippen LogP contribution >= 0.6 is 0 Å². The Morgan fingerprint density at radius 1 is 0.432 bits per heavy atom. The van der Waals surface area contributed by atoms with Gasteiger partial charge in [0.2, 0.25) is 17.8 Å². The maximum atomic E-state index is 12.4. The van der Waals surface area contributed by atoms with E-state index in [0.717, 1.165) is 108 Å². The van der Waals surface area contributed by atoms with Gasteiger partial charge in [-0.3, -0.25) is 63.0 Å². The molecule has 0 radical (unpaired) electrons. The van der Waals surface area contributed by atoms with E-state index >= 15 is 0 Å². The van der Waals surface area contributed by atoms with Gasteiger partial charge in [-0.2, -0.15) is 15.0 Å². The maximum Gasteiger partial charge on any atom is 4.00 e. The number of urea groups is 1. The van der Waals surface area contributed by atoms with Crippen molar-refractivity contribution in [2.75, 3.05) is 154 Å². The van der Waals surface area contributed by atoms with E-state index in [1.807, 2.05) is 24.3 Å². The Morgan fingerprint density at radius 2 is 0.874 bits per heavy atom. The summed E-state index contributed by atoms with van der Waals surface area (Å²) in [5.74, 6) is -7.50. The standard InChI is InChI=1S/C62H98N14O18.Th/c77-51(63-21-9-8-12-48(58(90)91)64-62(94)65-49(59(92)93)19-20-53(80)81)13-7-5-3-1-2-4-6-10-22-69-28-33-74(34-29-69)60-66-50(67-61(68-60)75-35-30-70(31-36-75)23-11-14-52(78)79)39-46-17-15-45(16-18-46)38-47-40-73(43-56(86)87)27-26-71(41-54(82)83)24-25-72(42-55(84)85)32-37-76(47)44-57(88)89;/h15-18,47-49H,1-14,19-44H2,(H,63,77)(H,78,79)(H,80,81)(H,82,83)(H,84,85)(H,86,87)(H,88,89)(H,90,91)(H,92,93)(H2,64,65,94);/q;+4/t47?,48-,49-;/m0./s1. The summed E-state index contributed by atoms with van der Waals surface area (Å²) in [7, 11) is 0. The molecule has 0 aliphatic carbocycles. The number of nitrogens with one attached hydrogen (secondary N) is 3. The van der Waals surface area contributed by atoms with Gasteiger partial charge in [-0.05, 0) is 75.6 Å². The fourth-order valence-electron chi connectivity index (χ4n) is 11.8. The number of piperazine rings is 2. The smallest absolute Gasteiger partial charge is 0.481 e. The number of aliphatic carboxylic acids is 8. The molecular formula is C62H98N14O18Th+4. The molecule has 3 atom stereocenters. The Bertz CT molecular complexity index is 2760. The maximum absolute atomic E-state index is 12.4. The van der Waals surface area contributed by atoms with E-state index in [4.69, 9.17) is 20.1 Å². The number of benzene rings is 1. The first-order valence-corrected chi connectivity index (χ1v) is 32.8. The van der Waals surface area contributed by atoms with Crippen LogP contribution in [0.25, 0.3) is 0 Å². The second-order valence-electron chi connectivity index (χ2n) is 24.4. The number of carbonyl (C=O) groups is 10. The molecule has 3 aliphatic rings. The zero-order chi connectivity index (χ0) is 68.4. The topological polar surface area (TPSA) is 433 Å². The van der Waals surface area contributed by atoms with E-state index in [1.54, 1.807) is 19.6 Å². The summed E-state index contributed by atoms with van der Waals surface area (Å²) in [4.78, 5) is 149. The van der Waals surface area contributed by atoms with Crippen LogP contribution in [0.1, 0.15) is 120 Å². The number of nitrogens with zero attached hydrogens (tertiary/aromatic N) is 11. The van der Waals surface area contributed by atoms with Crippen molar-refractivity contribution in [3.05, 3.63) is 41.2 Å². The summed E-state index contributed by atoms with van der Waals surface area (Å²) in [6, 6.07) is 3.48. The van der Waals surface area contributed by atoms with Crippen LogP contribution in [0.3, 0.4) is 0 Å². The van der Waals surface area contributed by atoms with Crippen molar-refractivity contribution in [2.45, 2.75) is 134 Å². The Balaban J connectivity index is 0.0000192. The van der Waals surface area contributed by atoms with Gasteiger partial charge in [-0.15, -0.1) is 0 Å². The molecule has 1 aromatic carbocycles. The number of hydrogen-bond donors (Lipinski definition) is 11. The van der Waals surface area contributed by atoms with Gasteiger partial charge in [0.1, 0.15) is 17.9 Å². The van der Waals surface area contributed by atoms with E-state index in [-0.39, 0.29) is 137 Å². The monoisotopic (exact) mass is 1560 g/mol. The average molecular weight is 1560 g/mol. The molecule has 5 rings (SSSR count). The number of rotatable bonds is 41. The van der Waals surface area contributed by atoms with Crippen LogP contribution in [0.2, 0.25) is 0 Å². The SMILES string of the molecule is O=C(O)CCCN1CCN(c2nc(Cc3ccc(CC4CN(CC(=O)O)CCN(CC(=O)O)CCN(CC(=O)O)CCN4CC(=O)O)cc3)nc(N3CCN(CCCCCCCCCCC(=O)NCCCC[C@H](NC(=O)N[C@@H](CCC(=O)O)C(=O)O)C(=O)O)CC3)n2)CC1.[Th+4]. The van der Waals surface area contributed by atoms with Crippen LogP contribution in [-0.4, -0.2) is 307 Å². The molecule has 0 bridgehead atoms. The van der Waals surface area contributed by atoms with E-state index in [1.165, 1.54) is 0 Å². The van der Waals surface area contributed by atoms with E-state index < -0.39 is 78.3 Å². The summed E-state index contributed by atoms with van der Waals surface area (Å²) in [5.41, 5.74) is 1.76. The second-order valence-corrected chi connectivity index (χ2v) is 24.4. The van der Waals surface area contributed by atoms with Crippen LogP contribution in [-0.2, 0) is 56.0 Å². The van der Waals surface area contributed by atoms with Gasteiger partial charge < -0.3 is 66.6 Å². The number of aromatic nitrogens is 3. The van der Waals surface area contributed by atoms with Crippen LogP contribution in [0, 0.1) is 39.9 Å². The molecular weight excluding hydrogens is 1460 g/mol. The first kappa shape index (κ1) is 80.8. The van der Waals surface area contributed by atoms with Crippen molar-refractivity contribution in [1.29, 1.82) is 0 Å². The van der Waals surface area contributed by atoms with Gasteiger partial charge in [-0.1, -0.05) is 62.8 Å². The van der Waals surface area contributed by atoms with Gasteiger partial charge in [0.25, 0.3) is 0 Å². The Morgan fingerprint density at radius 3 is 1.38 bits per heavy atom. The minimum absolute atomic E-state index is 0. The molecule has 1 aromatic heterocycles. The predicted octanol–water partition coefficient (Wildman–Crippen LogP) is 0.910. The van der Waals surface area contributed by atoms with Gasteiger partial charge in [-0.25, -0.2) is 14.4 Å². The van der Waals surface area contributed by atoms with Crippen molar-refractivity contribution in [2.24, 2.45) is 0 Å².